The number of nitrogens with zero attached hydrogens (tertiary/aromatic N) is 1. The maximum absolute atomic E-state index is 14.4. The quantitative estimate of drug-likeness (QED) is 0.255. The third-order valence-corrected chi connectivity index (χ3v) is 6.79. The standard InChI is InChI=1S/C33H49N3O5/c1-10-11-12-13-20-36(31(38)28(22(2)3)35-32(39)41-33(6,7)8)29(27-21-23(4)14-15-24(27)5)30(37)34-25-16-18-26(40-9)19-17-25/h14-19,21-22,28-29H,10-13,20H2,1-9H3,(H,34,37)(H,35,39). The van der Waals surface area contributed by atoms with Gasteiger partial charge in [0.05, 0.1) is 7.11 Å². The largest absolute Gasteiger partial charge is 0.497 e. The van der Waals surface area contributed by atoms with Crippen LogP contribution in [0.15, 0.2) is 42.5 Å². The first kappa shape index (κ1) is 33.7. The molecule has 2 atom stereocenters. The second-order valence-electron chi connectivity index (χ2n) is 11.9. The molecule has 0 aliphatic heterocycles. The van der Waals surface area contributed by atoms with Crippen molar-refractivity contribution in [3.63, 3.8) is 0 Å². The fourth-order valence-corrected chi connectivity index (χ4v) is 4.59. The number of benzene rings is 2. The third-order valence-electron chi connectivity index (χ3n) is 6.79. The summed E-state index contributed by atoms with van der Waals surface area (Å²) in [4.78, 5) is 42.9. The molecule has 2 unspecified atom stereocenters. The number of rotatable bonds is 13. The monoisotopic (exact) mass is 567 g/mol. The number of anilines is 1. The van der Waals surface area contributed by atoms with Crippen LogP contribution in [0.25, 0.3) is 0 Å². The summed E-state index contributed by atoms with van der Waals surface area (Å²) in [7, 11) is 1.59. The van der Waals surface area contributed by atoms with Crippen molar-refractivity contribution < 1.29 is 23.9 Å². The van der Waals surface area contributed by atoms with Gasteiger partial charge in [0.2, 0.25) is 5.91 Å². The minimum Gasteiger partial charge on any atom is -0.497 e. The second kappa shape index (κ2) is 15.5. The molecule has 2 rings (SSSR count). The van der Waals surface area contributed by atoms with Gasteiger partial charge < -0.3 is 25.0 Å². The molecule has 3 amide bonds. The highest BCUT2D eigenvalue weighted by atomic mass is 16.6. The number of aryl methyl sites for hydroxylation is 2. The highest BCUT2D eigenvalue weighted by Crippen LogP contribution is 2.29. The molecule has 0 aliphatic carbocycles. The van der Waals surface area contributed by atoms with Gasteiger partial charge in [0, 0.05) is 12.2 Å². The normalized spacial score (nSPS) is 12.8. The van der Waals surface area contributed by atoms with Crippen LogP contribution in [0.2, 0.25) is 0 Å². The lowest BCUT2D eigenvalue weighted by molar-refractivity contribution is -0.141. The average Bonchev–Trinajstić information content (AvgIpc) is 2.89. The Balaban J connectivity index is 2.57. The number of amides is 3. The number of nitrogens with one attached hydrogen (secondary N) is 2. The molecule has 0 bridgehead atoms. The number of carbonyl (C=O) groups is 3. The molecule has 0 radical (unpaired) electrons. The summed E-state index contributed by atoms with van der Waals surface area (Å²) in [5.41, 5.74) is 2.52. The van der Waals surface area contributed by atoms with Gasteiger partial charge in [0.1, 0.15) is 23.4 Å². The molecular weight excluding hydrogens is 518 g/mol. The Morgan fingerprint density at radius 1 is 0.951 bits per heavy atom. The third kappa shape index (κ3) is 10.4. The van der Waals surface area contributed by atoms with Gasteiger partial charge in [-0.15, -0.1) is 0 Å². The Hall–Kier alpha value is -3.55. The predicted molar refractivity (Wildman–Crippen MR) is 164 cm³/mol. The van der Waals surface area contributed by atoms with Crippen molar-refractivity contribution in [3.05, 3.63) is 59.2 Å². The van der Waals surface area contributed by atoms with Crippen LogP contribution in [0, 0.1) is 19.8 Å². The molecule has 2 aromatic carbocycles. The first-order chi connectivity index (χ1) is 19.3. The van der Waals surface area contributed by atoms with Crippen LogP contribution in [-0.2, 0) is 14.3 Å². The minimum atomic E-state index is -0.909. The highest BCUT2D eigenvalue weighted by Gasteiger charge is 2.38. The lowest BCUT2D eigenvalue weighted by Gasteiger charge is -2.36. The average molecular weight is 568 g/mol. The fourth-order valence-electron chi connectivity index (χ4n) is 4.59. The Labute approximate surface area is 246 Å². The summed E-state index contributed by atoms with van der Waals surface area (Å²) < 4.78 is 10.7. The lowest BCUT2D eigenvalue weighted by atomic mass is 9.94. The molecule has 0 spiro atoms. The van der Waals surface area contributed by atoms with Gasteiger partial charge >= 0.3 is 6.09 Å². The molecule has 2 aromatic rings. The van der Waals surface area contributed by atoms with Crippen molar-refractivity contribution in [1.29, 1.82) is 0 Å². The first-order valence-electron chi connectivity index (χ1n) is 14.6. The molecule has 226 valence electrons. The molecule has 8 nitrogen and oxygen atoms in total. The minimum absolute atomic E-state index is 0.239. The smallest absolute Gasteiger partial charge is 0.408 e. The molecule has 41 heavy (non-hydrogen) atoms. The Bertz CT molecular complexity index is 1150. The van der Waals surface area contributed by atoms with Gasteiger partial charge in [-0.1, -0.05) is 63.8 Å². The van der Waals surface area contributed by atoms with Crippen LogP contribution in [0.4, 0.5) is 10.5 Å². The van der Waals surface area contributed by atoms with Gasteiger partial charge in [0.25, 0.3) is 5.91 Å². The number of carbonyl (C=O) groups excluding carboxylic acids is 3. The maximum Gasteiger partial charge on any atom is 0.408 e. The fraction of sp³-hybridized carbons (Fsp3) is 0.545. The van der Waals surface area contributed by atoms with Crippen LogP contribution in [-0.4, -0.2) is 48.1 Å². The second-order valence-corrected chi connectivity index (χ2v) is 11.9. The summed E-state index contributed by atoms with van der Waals surface area (Å²) in [6, 6.07) is 11.2. The predicted octanol–water partition coefficient (Wildman–Crippen LogP) is 6.95. The summed E-state index contributed by atoms with van der Waals surface area (Å²) in [6.45, 7) is 15.5. The van der Waals surface area contributed by atoms with Crippen molar-refractivity contribution in [2.24, 2.45) is 5.92 Å². The van der Waals surface area contributed by atoms with E-state index < -0.39 is 23.8 Å². The van der Waals surface area contributed by atoms with Crippen molar-refractivity contribution in [2.45, 2.75) is 98.8 Å². The summed E-state index contributed by atoms with van der Waals surface area (Å²) in [5.74, 6) is -0.211. The van der Waals surface area contributed by atoms with Gasteiger partial charge in [-0.2, -0.15) is 0 Å². The molecule has 0 fully saturated rings. The molecule has 0 saturated carbocycles. The maximum atomic E-state index is 14.4. The van der Waals surface area contributed by atoms with E-state index in [1.165, 1.54) is 0 Å². The Morgan fingerprint density at radius 2 is 1.61 bits per heavy atom. The van der Waals surface area contributed by atoms with Gasteiger partial charge in [-0.25, -0.2) is 4.79 Å². The van der Waals surface area contributed by atoms with E-state index >= 15 is 0 Å². The van der Waals surface area contributed by atoms with E-state index in [-0.39, 0.29) is 17.7 Å². The zero-order valence-electron chi connectivity index (χ0n) is 26.3. The van der Waals surface area contributed by atoms with E-state index in [0.29, 0.717) is 18.0 Å². The van der Waals surface area contributed by atoms with E-state index in [9.17, 15) is 14.4 Å². The molecular formula is C33H49N3O5. The van der Waals surface area contributed by atoms with E-state index in [4.69, 9.17) is 9.47 Å². The van der Waals surface area contributed by atoms with Crippen LogP contribution >= 0.6 is 0 Å². The van der Waals surface area contributed by atoms with Crippen molar-refractivity contribution in [2.75, 3.05) is 19.0 Å². The van der Waals surface area contributed by atoms with Crippen LogP contribution < -0.4 is 15.4 Å². The summed E-state index contributed by atoms with van der Waals surface area (Å²) >= 11 is 0. The molecule has 0 aliphatic rings. The zero-order valence-corrected chi connectivity index (χ0v) is 26.3. The topological polar surface area (TPSA) is 97.0 Å². The highest BCUT2D eigenvalue weighted by molar-refractivity contribution is 5.99. The van der Waals surface area contributed by atoms with Crippen molar-refractivity contribution in [1.82, 2.24) is 10.2 Å². The molecule has 0 heterocycles. The first-order valence-corrected chi connectivity index (χ1v) is 14.6. The van der Waals surface area contributed by atoms with Crippen LogP contribution in [0.5, 0.6) is 5.75 Å². The van der Waals surface area contributed by atoms with Crippen LogP contribution in [0.3, 0.4) is 0 Å². The summed E-state index contributed by atoms with van der Waals surface area (Å²) in [5, 5.41) is 5.81. The SMILES string of the molecule is CCCCCCN(C(=O)C(NC(=O)OC(C)(C)C)C(C)C)C(C(=O)Nc1ccc(OC)cc1)c1cc(C)ccc1C. The number of hydrogen-bond donors (Lipinski definition) is 2. The lowest BCUT2D eigenvalue weighted by Crippen LogP contribution is -2.54. The molecule has 0 saturated heterocycles. The molecule has 8 heteroatoms. The molecule has 2 N–H and O–H groups in total. The van der Waals surface area contributed by atoms with E-state index in [2.05, 4.69) is 17.6 Å². The number of ether oxygens (including phenoxy) is 2. The number of alkyl carbamates (subject to hydrolysis) is 1. The zero-order chi connectivity index (χ0) is 30.7. The number of methoxy groups -OCH3 is 1. The summed E-state index contributed by atoms with van der Waals surface area (Å²) in [6.07, 6.45) is 3.06. The number of hydrogen-bond acceptors (Lipinski definition) is 5. The van der Waals surface area contributed by atoms with Gasteiger partial charge in [0.15, 0.2) is 0 Å². The number of unbranched alkanes of at least 4 members (excludes halogenated alkanes) is 3. The van der Waals surface area contributed by atoms with Crippen molar-refractivity contribution in [3.8, 4) is 5.75 Å². The Morgan fingerprint density at radius 3 is 2.17 bits per heavy atom. The van der Waals surface area contributed by atoms with Crippen LogP contribution in [0.1, 0.15) is 90.0 Å². The Kier molecular flexibility index (Phi) is 12.7. The van der Waals surface area contributed by atoms with Gasteiger partial charge in [-0.3, -0.25) is 9.59 Å². The van der Waals surface area contributed by atoms with E-state index in [0.717, 1.165) is 42.4 Å². The van der Waals surface area contributed by atoms with E-state index in [1.807, 2.05) is 45.9 Å². The van der Waals surface area contributed by atoms with Gasteiger partial charge in [-0.05, 0) is 82.3 Å². The molecule has 0 aromatic heterocycles. The van der Waals surface area contributed by atoms with Crippen molar-refractivity contribution >= 4 is 23.6 Å². The van der Waals surface area contributed by atoms with E-state index in [1.54, 1.807) is 57.0 Å².